The maximum absolute atomic E-state index is 5.93. The molecule has 1 saturated heterocycles. The van der Waals surface area contributed by atoms with Gasteiger partial charge in [0.1, 0.15) is 0 Å². The minimum absolute atomic E-state index is 0.0814. The predicted octanol–water partition coefficient (Wildman–Crippen LogP) is 1.57. The van der Waals surface area contributed by atoms with Crippen molar-refractivity contribution in [2.45, 2.75) is 51.4 Å². The lowest BCUT2D eigenvalue weighted by Gasteiger charge is -2.35. The van der Waals surface area contributed by atoms with Gasteiger partial charge in [-0.1, -0.05) is 6.92 Å². The molecule has 0 radical (unpaired) electrons. The van der Waals surface area contributed by atoms with Crippen LogP contribution >= 0.6 is 0 Å². The molecule has 0 aromatic carbocycles. The molecule has 3 nitrogen and oxygen atoms in total. The minimum Gasteiger partial charge on any atom is -0.379 e. The summed E-state index contributed by atoms with van der Waals surface area (Å²) in [5.41, 5.74) is -0.0814. The van der Waals surface area contributed by atoms with E-state index < -0.39 is 0 Å². The molecular formula is C11H23NO2. The molecular weight excluding hydrogens is 178 g/mol. The zero-order valence-electron chi connectivity index (χ0n) is 9.80. The van der Waals surface area contributed by atoms with Crippen LogP contribution in [0.2, 0.25) is 0 Å². The summed E-state index contributed by atoms with van der Waals surface area (Å²) in [6.45, 7) is 8.30. The van der Waals surface area contributed by atoms with E-state index in [4.69, 9.17) is 9.47 Å². The summed E-state index contributed by atoms with van der Waals surface area (Å²) >= 11 is 0. The Morgan fingerprint density at radius 2 is 2.00 bits per heavy atom. The summed E-state index contributed by atoms with van der Waals surface area (Å²) in [6, 6.07) is 0. The smallest absolute Gasteiger partial charge is 0.0731 e. The van der Waals surface area contributed by atoms with Crippen molar-refractivity contribution in [3.05, 3.63) is 0 Å². The number of morpholine rings is 1. The van der Waals surface area contributed by atoms with E-state index in [0.29, 0.717) is 12.2 Å². The molecule has 0 amide bonds. The van der Waals surface area contributed by atoms with Crippen molar-refractivity contribution >= 4 is 0 Å². The predicted molar refractivity (Wildman–Crippen MR) is 57.5 cm³/mol. The third kappa shape index (κ3) is 3.56. The number of rotatable bonds is 4. The van der Waals surface area contributed by atoms with E-state index in [1.165, 1.54) is 0 Å². The summed E-state index contributed by atoms with van der Waals surface area (Å²) in [6.07, 6.45) is 2.70. The average molecular weight is 201 g/mol. The van der Waals surface area contributed by atoms with Crippen LogP contribution in [0.1, 0.15) is 33.6 Å². The first-order valence-corrected chi connectivity index (χ1v) is 5.48. The average Bonchev–Trinajstić information content (AvgIpc) is 2.17. The van der Waals surface area contributed by atoms with E-state index in [1.54, 1.807) is 7.11 Å². The highest BCUT2D eigenvalue weighted by atomic mass is 16.5. The first-order valence-electron chi connectivity index (χ1n) is 5.48. The van der Waals surface area contributed by atoms with Crippen LogP contribution < -0.4 is 5.32 Å². The molecule has 1 rings (SSSR count). The van der Waals surface area contributed by atoms with Crippen molar-refractivity contribution in [3.63, 3.8) is 0 Å². The normalized spacial score (nSPS) is 29.1. The van der Waals surface area contributed by atoms with Gasteiger partial charge in [-0.2, -0.15) is 0 Å². The first kappa shape index (κ1) is 12.0. The molecule has 0 bridgehead atoms. The van der Waals surface area contributed by atoms with Gasteiger partial charge in [-0.3, -0.25) is 0 Å². The Bertz CT molecular complexity index is 171. The largest absolute Gasteiger partial charge is 0.379 e. The van der Waals surface area contributed by atoms with E-state index in [2.05, 4.69) is 26.1 Å². The highest BCUT2D eigenvalue weighted by molar-refractivity contribution is 4.80. The second kappa shape index (κ2) is 5.10. The molecule has 1 fully saturated rings. The van der Waals surface area contributed by atoms with Gasteiger partial charge < -0.3 is 14.8 Å². The molecule has 0 aliphatic carbocycles. The van der Waals surface area contributed by atoms with Crippen LogP contribution in [0, 0.1) is 0 Å². The topological polar surface area (TPSA) is 30.5 Å². The van der Waals surface area contributed by atoms with Crippen molar-refractivity contribution in [2.24, 2.45) is 0 Å². The summed E-state index contributed by atoms with van der Waals surface area (Å²) in [5.74, 6) is 0. The Balaban J connectivity index is 2.37. The van der Waals surface area contributed by atoms with Crippen LogP contribution in [0.15, 0.2) is 0 Å². The number of hydrogen-bond acceptors (Lipinski definition) is 3. The van der Waals surface area contributed by atoms with Gasteiger partial charge in [0.2, 0.25) is 0 Å². The SMILES string of the molecule is CCC1CNCC(CC(C)(C)OC)O1. The van der Waals surface area contributed by atoms with Crippen LogP contribution in [0.3, 0.4) is 0 Å². The highest BCUT2D eigenvalue weighted by Crippen LogP contribution is 2.20. The Labute approximate surface area is 87.2 Å². The fraction of sp³-hybridized carbons (Fsp3) is 1.00. The molecule has 0 spiro atoms. The van der Waals surface area contributed by atoms with Crippen LogP contribution in [0.25, 0.3) is 0 Å². The Hall–Kier alpha value is -0.120. The van der Waals surface area contributed by atoms with Gasteiger partial charge in [0.25, 0.3) is 0 Å². The maximum atomic E-state index is 5.93. The summed E-state index contributed by atoms with van der Waals surface area (Å²) < 4.78 is 11.3. The van der Waals surface area contributed by atoms with Crippen molar-refractivity contribution in [2.75, 3.05) is 20.2 Å². The maximum Gasteiger partial charge on any atom is 0.0731 e. The van der Waals surface area contributed by atoms with Crippen LogP contribution in [0.4, 0.5) is 0 Å². The van der Waals surface area contributed by atoms with Gasteiger partial charge in [0.05, 0.1) is 17.8 Å². The van der Waals surface area contributed by atoms with Crippen molar-refractivity contribution in [3.8, 4) is 0 Å². The molecule has 2 atom stereocenters. The van der Waals surface area contributed by atoms with Crippen LogP contribution in [-0.2, 0) is 9.47 Å². The Morgan fingerprint density at radius 3 is 2.57 bits per heavy atom. The standard InChI is InChI=1S/C11H23NO2/c1-5-9-7-12-8-10(14-9)6-11(2,3)13-4/h9-10,12H,5-8H2,1-4H3. The quantitative estimate of drug-likeness (QED) is 0.749. The molecule has 1 aliphatic rings. The second-order valence-corrected chi connectivity index (χ2v) is 4.61. The van der Waals surface area contributed by atoms with E-state index in [-0.39, 0.29) is 5.60 Å². The first-order chi connectivity index (χ1) is 6.57. The highest BCUT2D eigenvalue weighted by Gasteiger charge is 2.27. The molecule has 0 aromatic rings. The van der Waals surface area contributed by atoms with E-state index in [1.807, 2.05) is 0 Å². The zero-order valence-corrected chi connectivity index (χ0v) is 9.80. The van der Waals surface area contributed by atoms with E-state index in [0.717, 1.165) is 25.9 Å². The fourth-order valence-electron chi connectivity index (χ4n) is 1.77. The van der Waals surface area contributed by atoms with Gasteiger partial charge in [-0.25, -0.2) is 0 Å². The lowest BCUT2D eigenvalue weighted by molar-refractivity contribution is -0.0854. The van der Waals surface area contributed by atoms with Crippen LogP contribution in [0.5, 0.6) is 0 Å². The number of ether oxygens (including phenoxy) is 2. The zero-order chi connectivity index (χ0) is 10.6. The lowest BCUT2D eigenvalue weighted by Crippen LogP contribution is -2.47. The van der Waals surface area contributed by atoms with E-state index >= 15 is 0 Å². The molecule has 3 heteroatoms. The van der Waals surface area contributed by atoms with Gasteiger partial charge in [0, 0.05) is 26.6 Å². The molecule has 14 heavy (non-hydrogen) atoms. The molecule has 2 unspecified atom stereocenters. The Morgan fingerprint density at radius 1 is 1.36 bits per heavy atom. The monoisotopic (exact) mass is 201 g/mol. The minimum atomic E-state index is -0.0814. The van der Waals surface area contributed by atoms with Gasteiger partial charge >= 0.3 is 0 Å². The lowest BCUT2D eigenvalue weighted by atomic mass is 9.99. The molecule has 1 heterocycles. The third-order valence-corrected chi connectivity index (χ3v) is 2.86. The van der Waals surface area contributed by atoms with Crippen molar-refractivity contribution < 1.29 is 9.47 Å². The number of methoxy groups -OCH3 is 1. The van der Waals surface area contributed by atoms with Gasteiger partial charge in [0.15, 0.2) is 0 Å². The van der Waals surface area contributed by atoms with Crippen molar-refractivity contribution in [1.29, 1.82) is 0 Å². The molecule has 1 aliphatic heterocycles. The molecule has 0 aromatic heterocycles. The fourth-order valence-corrected chi connectivity index (χ4v) is 1.77. The molecule has 0 saturated carbocycles. The summed E-state index contributed by atoms with van der Waals surface area (Å²) in [5, 5.41) is 3.40. The second-order valence-electron chi connectivity index (χ2n) is 4.61. The summed E-state index contributed by atoms with van der Waals surface area (Å²) in [7, 11) is 1.76. The summed E-state index contributed by atoms with van der Waals surface area (Å²) in [4.78, 5) is 0. The molecule has 1 N–H and O–H groups in total. The van der Waals surface area contributed by atoms with E-state index in [9.17, 15) is 0 Å². The van der Waals surface area contributed by atoms with Gasteiger partial charge in [-0.15, -0.1) is 0 Å². The Kier molecular flexibility index (Phi) is 4.35. The number of hydrogen-bond donors (Lipinski definition) is 1. The van der Waals surface area contributed by atoms with Crippen molar-refractivity contribution in [1.82, 2.24) is 5.32 Å². The third-order valence-electron chi connectivity index (χ3n) is 2.86. The molecule has 84 valence electrons. The van der Waals surface area contributed by atoms with Crippen LogP contribution in [-0.4, -0.2) is 38.0 Å². The number of nitrogens with one attached hydrogen (secondary N) is 1. The van der Waals surface area contributed by atoms with Gasteiger partial charge in [-0.05, 0) is 20.3 Å².